The van der Waals surface area contributed by atoms with Gasteiger partial charge in [0.15, 0.2) is 0 Å². The average Bonchev–Trinajstić information content (AvgIpc) is 2.32. The van der Waals surface area contributed by atoms with Crippen LogP contribution in [0, 0.1) is 0 Å². The van der Waals surface area contributed by atoms with Gasteiger partial charge in [-0.2, -0.15) is 0 Å². The second-order valence-electron chi connectivity index (χ2n) is 3.80. The first kappa shape index (κ1) is 12.4. The van der Waals surface area contributed by atoms with Gasteiger partial charge in [0.25, 0.3) is 5.91 Å². The molecule has 0 spiro atoms. The number of carbonyl (C=O) groups excluding carboxylic acids is 1. The van der Waals surface area contributed by atoms with Crippen LogP contribution in [0.4, 0.5) is 17.1 Å². The molecule has 0 saturated heterocycles. The molecular formula is C13H12BrN3O. The first-order chi connectivity index (χ1) is 8.56. The van der Waals surface area contributed by atoms with Gasteiger partial charge >= 0.3 is 0 Å². The number of amides is 1. The highest BCUT2D eigenvalue weighted by Crippen LogP contribution is 2.24. The van der Waals surface area contributed by atoms with Gasteiger partial charge in [-0.25, -0.2) is 0 Å². The van der Waals surface area contributed by atoms with Crippen molar-refractivity contribution < 1.29 is 4.79 Å². The second-order valence-corrected chi connectivity index (χ2v) is 4.72. The van der Waals surface area contributed by atoms with E-state index in [0.717, 1.165) is 10.2 Å². The largest absolute Gasteiger partial charge is 0.399 e. The van der Waals surface area contributed by atoms with Gasteiger partial charge in [-0.05, 0) is 42.5 Å². The predicted octanol–water partition coefficient (Wildman–Crippen LogP) is 2.87. The summed E-state index contributed by atoms with van der Waals surface area (Å²) in [6, 6.07) is 12.5. The standard InChI is InChI=1S/C13H12BrN3O/c14-8-1-4-10(5-2-8)17-12-7-9(15)3-6-11(12)13(16)18/h1-7,17H,15H2,(H2,16,18). The van der Waals surface area contributed by atoms with Crippen LogP contribution in [-0.4, -0.2) is 5.91 Å². The number of nitrogens with one attached hydrogen (secondary N) is 1. The first-order valence-corrected chi connectivity index (χ1v) is 6.07. The third-order valence-corrected chi connectivity index (χ3v) is 2.96. The van der Waals surface area contributed by atoms with E-state index in [4.69, 9.17) is 11.5 Å². The van der Waals surface area contributed by atoms with Crippen molar-refractivity contribution in [3.05, 3.63) is 52.5 Å². The third kappa shape index (κ3) is 2.81. The molecule has 18 heavy (non-hydrogen) atoms. The van der Waals surface area contributed by atoms with Crippen molar-refractivity contribution in [3.63, 3.8) is 0 Å². The number of hydrogen-bond donors (Lipinski definition) is 3. The van der Waals surface area contributed by atoms with Gasteiger partial charge in [0.2, 0.25) is 0 Å². The number of benzene rings is 2. The van der Waals surface area contributed by atoms with Crippen molar-refractivity contribution in [1.82, 2.24) is 0 Å². The van der Waals surface area contributed by atoms with Crippen LogP contribution in [0.3, 0.4) is 0 Å². The zero-order valence-electron chi connectivity index (χ0n) is 9.48. The molecule has 5 heteroatoms. The van der Waals surface area contributed by atoms with Gasteiger partial charge < -0.3 is 16.8 Å². The summed E-state index contributed by atoms with van der Waals surface area (Å²) in [7, 11) is 0. The zero-order chi connectivity index (χ0) is 13.1. The summed E-state index contributed by atoms with van der Waals surface area (Å²) in [5.74, 6) is -0.491. The van der Waals surface area contributed by atoms with Gasteiger partial charge in [-0.15, -0.1) is 0 Å². The Hall–Kier alpha value is -2.01. The lowest BCUT2D eigenvalue weighted by Crippen LogP contribution is -2.13. The molecule has 0 radical (unpaired) electrons. The summed E-state index contributed by atoms with van der Waals surface area (Å²) in [6.45, 7) is 0. The average molecular weight is 306 g/mol. The van der Waals surface area contributed by atoms with Crippen molar-refractivity contribution in [2.75, 3.05) is 11.1 Å². The smallest absolute Gasteiger partial charge is 0.250 e. The normalized spacial score (nSPS) is 10.1. The number of carbonyl (C=O) groups is 1. The van der Waals surface area contributed by atoms with Crippen LogP contribution < -0.4 is 16.8 Å². The van der Waals surface area contributed by atoms with Crippen molar-refractivity contribution in [2.24, 2.45) is 5.73 Å². The van der Waals surface area contributed by atoms with Gasteiger partial charge in [-0.1, -0.05) is 15.9 Å². The fraction of sp³-hybridized carbons (Fsp3) is 0. The third-order valence-electron chi connectivity index (χ3n) is 2.43. The molecule has 0 heterocycles. The Labute approximate surface area is 113 Å². The number of halogens is 1. The fourth-order valence-electron chi connectivity index (χ4n) is 1.57. The Balaban J connectivity index is 2.35. The summed E-state index contributed by atoms with van der Waals surface area (Å²) in [4.78, 5) is 11.3. The lowest BCUT2D eigenvalue weighted by molar-refractivity contribution is 0.100. The van der Waals surface area contributed by atoms with Gasteiger partial charge in [0.1, 0.15) is 0 Å². The monoisotopic (exact) mass is 305 g/mol. The van der Waals surface area contributed by atoms with E-state index in [1.54, 1.807) is 18.2 Å². The topological polar surface area (TPSA) is 81.1 Å². The molecule has 0 fully saturated rings. The van der Waals surface area contributed by atoms with Crippen LogP contribution in [0.25, 0.3) is 0 Å². The SMILES string of the molecule is NC(=O)c1ccc(N)cc1Nc1ccc(Br)cc1. The van der Waals surface area contributed by atoms with E-state index in [9.17, 15) is 4.79 Å². The number of primary amides is 1. The lowest BCUT2D eigenvalue weighted by atomic mass is 10.1. The summed E-state index contributed by atoms with van der Waals surface area (Å²) < 4.78 is 0.982. The lowest BCUT2D eigenvalue weighted by Gasteiger charge is -2.11. The van der Waals surface area contributed by atoms with Crippen molar-refractivity contribution in [1.29, 1.82) is 0 Å². The van der Waals surface area contributed by atoms with Crippen LogP contribution in [0.2, 0.25) is 0 Å². The number of hydrogen-bond acceptors (Lipinski definition) is 3. The molecule has 92 valence electrons. The molecule has 5 N–H and O–H groups in total. The number of anilines is 3. The van der Waals surface area contributed by atoms with E-state index in [2.05, 4.69) is 21.2 Å². The maximum Gasteiger partial charge on any atom is 0.250 e. The van der Waals surface area contributed by atoms with E-state index in [1.165, 1.54) is 0 Å². The highest BCUT2D eigenvalue weighted by Gasteiger charge is 2.08. The van der Waals surface area contributed by atoms with E-state index in [0.29, 0.717) is 16.9 Å². The van der Waals surface area contributed by atoms with E-state index < -0.39 is 5.91 Å². The van der Waals surface area contributed by atoms with Crippen LogP contribution in [0.5, 0.6) is 0 Å². The van der Waals surface area contributed by atoms with Crippen molar-refractivity contribution >= 4 is 38.9 Å². The van der Waals surface area contributed by atoms with Crippen molar-refractivity contribution in [2.45, 2.75) is 0 Å². The minimum atomic E-state index is -0.491. The van der Waals surface area contributed by atoms with Gasteiger partial charge in [-0.3, -0.25) is 4.79 Å². The minimum Gasteiger partial charge on any atom is -0.399 e. The Bertz CT molecular complexity index is 581. The molecule has 2 rings (SSSR count). The number of nitrogens with two attached hydrogens (primary N) is 2. The summed E-state index contributed by atoms with van der Waals surface area (Å²) >= 11 is 3.36. The molecule has 0 aliphatic rings. The second kappa shape index (κ2) is 5.10. The number of nitrogen functional groups attached to an aromatic ring is 1. The molecular weight excluding hydrogens is 294 g/mol. The van der Waals surface area contributed by atoms with Gasteiger partial charge in [0, 0.05) is 15.8 Å². The first-order valence-electron chi connectivity index (χ1n) is 5.28. The molecule has 0 aliphatic heterocycles. The molecule has 0 atom stereocenters. The van der Waals surface area contributed by atoms with Gasteiger partial charge in [0.05, 0.1) is 11.3 Å². The van der Waals surface area contributed by atoms with E-state index in [1.807, 2.05) is 24.3 Å². The quantitative estimate of drug-likeness (QED) is 0.763. The maximum absolute atomic E-state index is 11.3. The Kier molecular flexibility index (Phi) is 3.53. The number of rotatable bonds is 3. The molecule has 4 nitrogen and oxygen atoms in total. The molecule has 2 aromatic rings. The fourth-order valence-corrected chi connectivity index (χ4v) is 1.83. The molecule has 2 aromatic carbocycles. The Morgan fingerprint density at radius 3 is 2.39 bits per heavy atom. The van der Waals surface area contributed by atoms with E-state index in [-0.39, 0.29) is 0 Å². The molecule has 1 amide bonds. The van der Waals surface area contributed by atoms with Crippen molar-refractivity contribution in [3.8, 4) is 0 Å². The van der Waals surface area contributed by atoms with Crippen LogP contribution in [0.1, 0.15) is 10.4 Å². The molecule has 0 aromatic heterocycles. The van der Waals surface area contributed by atoms with Crippen LogP contribution >= 0.6 is 15.9 Å². The van der Waals surface area contributed by atoms with E-state index >= 15 is 0 Å². The van der Waals surface area contributed by atoms with Crippen LogP contribution in [0.15, 0.2) is 46.9 Å². The molecule has 0 aliphatic carbocycles. The summed E-state index contributed by atoms with van der Waals surface area (Å²) in [6.07, 6.45) is 0. The molecule has 0 bridgehead atoms. The van der Waals surface area contributed by atoms with Crippen LogP contribution in [-0.2, 0) is 0 Å². The summed E-state index contributed by atoms with van der Waals surface area (Å²) in [5, 5.41) is 3.12. The minimum absolute atomic E-state index is 0.409. The summed E-state index contributed by atoms with van der Waals surface area (Å²) in [5.41, 5.74) is 13.5. The highest BCUT2D eigenvalue weighted by molar-refractivity contribution is 9.10. The Morgan fingerprint density at radius 2 is 1.78 bits per heavy atom. The Morgan fingerprint density at radius 1 is 1.11 bits per heavy atom. The maximum atomic E-state index is 11.3. The molecule has 0 unspecified atom stereocenters. The molecule has 0 saturated carbocycles. The zero-order valence-corrected chi connectivity index (χ0v) is 11.1. The predicted molar refractivity (Wildman–Crippen MR) is 76.8 cm³/mol. The highest BCUT2D eigenvalue weighted by atomic mass is 79.9.